The number of nitrogens with zero attached hydrogens (tertiary/aromatic N) is 2. The van der Waals surface area contributed by atoms with Gasteiger partial charge in [0, 0.05) is 39.3 Å². The van der Waals surface area contributed by atoms with Crippen molar-refractivity contribution in [2.75, 3.05) is 59.5 Å². The molecule has 2 fully saturated rings. The van der Waals surface area contributed by atoms with Crippen molar-refractivity contribution < 1.29 is 4.74 Å². The molecule has 2 aliphatic heterocycles. The van der Waals surface area contributed by atoms with Gasteiger partial charge in [-0.2, -0.15) is 0 Å². The number of rotatable bonds is 5. The van der Waals surface area contributed by atoms with Crippen molar-refractivity contribution in [2.24, 2.45) is 0 Å². The van der Waals surface area contributed by atoms with E-state index in [1.54, 1.807) is 0 Å². The maximum atomic E-state index is 5.80. The molecule has 1 unspecified atom stereocenters. The minimum absolute atomic E-state index is 0.481. The monoisotopic (exact) mass is 255 g/mol. The highest BCUT2D eigenvalue weighted by Gasteiger charge is 2.16. The molecule has 1 atom stereocenters. The van der Waals surface area contributed by atoms with Crippen molar-refractivity contribution in [3.8, 4) is 0 Å². The van der Waals surface area contributed by atoms with Crippen LogP contribution in [-0.2, 0) is 4.74 Å². The molecule has 0 aliphatic carbocycles. The number of ether oxygens (including phenoxy) is 1. The van der Waals surface area contributed by atoms with Crippen LogP contribution in [0, 0.1) is 0 Å². The van der Waals surface area contributed by atoms with Crippen LogP contribution in [0.2, 0.25) is 0 Å². The van der Waals surface area contributed by atoms with Crippen molar-refractivity contribution in [3.63, 3.8) is 0 Å². The molecule has 0 aromatic carbocycles. The Labute approximate surface area is 112 Å². The van der Waals surface area contributed by atoms with Gasteiger partial charge in [-0.25, -0.2) is 0 Å². The lowest BCUT2D eigenvalue weighted by Gasteiger charge is -2.29. The predicted molar refractivity (Wildman–Crippen MR) is 75.0 cm³/mol. The molecule has 0 amide bonds. The van der Waals surface area contributed by atoms with Crippen LogP contribution in [0.25, 0.3) is 0 Å². The Morgan fingerprint density at radius 3 is 3.00 bits per heavy atom. The number of nitrogens with one attached hydrogen (secondary N) is 1. The third-order valence-corrected chi connectivity index (χ3v) is 4.02. The van der Waals surface area contributed by atoms with E-state index in [1.807, 2.05) is 0 Å². The van der Waals surface area contributed by atoms with Crippen molar-refractivity contribution in [1.82, 2.24) is 15.1 Å². The van der Waals surface area contributed by atoms with Gasteiger partial charge < -0.3 is 19.9 Å². The molecule has 2 saturated heterocycles. The summed E-state index contributed by atoms with van der Waals surface area (Å²) >= 11 is 0. The van der Waals surface area contributed by atoms with Crippen molar-refractivity contribution in [2.45, 2.75) is 31.8 Å². The van der Waals surface area contributed by atoms with Gasteiger partial charge in [-0.05, 0) is 45.8 Å². The highest BCUT2D eigenvalue weighted by atomic mass is 16.5. The highest BCUT2D eigenvalue weighted by Crippen LogP contribution is 2.13. The van der Waals surface area contributed by atoms with Crippen LogP contribution in [0.4, 0.5) is 0 Å². The van der Waals surface area contributed by atoms with Crippen molar-refractivity contribution >= 4 is 0 Å². The minimum Gasteiger partial charge on any atom is -0.377 e. The van der Waals surface area contributed by atoms with Crippen molar-refractivity contribution in [1.29, 1.82) is 0 Å². The first kappa shape index (κ1) is 14.3. The average Bonchev–Trinajstić information content (AvgIpc) is 2.66. The number of hydrogen-bond donors (Lipinski definition) is 1. The van der Waals surface area contributed by atoms with E-state index < -0.39 is 0 Å². The van der Waals surface area contributed by atoms with Crippen LogP contribution in [0.3, 0.4) is 0 Å². The van der Waals surface area contributed by atoms with Crippen LogP contribution in [0.15, 0.2) is 0 Å². The van der Waals surface area contributed by atoms with Gasteiger partial charge in [-0.3, -0.25) is 0 Å². The van der Waals surface area contributed by atoms with Gasteiger partial charge in [0.15, 0.2) is 0 Å². The zero-order chi connectivity index (χ0) is 12.6. The Kier molecular flexibility index (Phi) is 6.41. The van der Waals surface area contributed by atoms with Crippen LogP contribution >= 0.6 is 0 Å². The Hall–Kier alpha value is -0.160. The molecule has 0 bridgehead atoms. The SMILES string of the molecule is CN(CCN1CCCNCC1)CC1CCCCO1. The van der Waals surface area contributed by atoms with Crippen LogP contribution in [0.1, 0.15) is 25.7 Å². The van der Waals surface area contributed by atoms with E-state index in [0.29, 0.717) is 6.10 Å². The summed E-state index contributed by atoms with van der Waals surface area (Å²) in [5.41, 5.74) is 0. The van der Waals surface area contributed by atoms with E-state index in [1.165, 1.54) is 58.4 Å². The molecule has 106 valence electrons. The Balaban J connectivity index is 1.59. The first-order chi connectivity index (χ1) is 8.84. The number of hydrogen-bond acceptors (Lipinski definition) is 4. The second kappa shape index (κ2) is 8.10. The van der Waals surface area contributed by atoms with Gasteiger partial charge in [-0.1, -0.05) is 0 Å². The molecular formula is C14H29N3O. The van der Waals surface area contributed by atoms with E-state index >= 15 is 0 Å². The first-order valence-corrected chi connectivity index (χ1v) is 7.58. The molecule has 4 nitrogen and oxygen atoms in total. The fourth-order valence-corrected chi connectivity index (χ4v) is 2.83. The van der Waals surface area contributed by atoms with E-state index in [9.17, 15) is 0 Å². The second-order valence-electron chi connectivity index (χ2n) is 5.70. The smallest absolute Gasteiger partial charge is 0.0701 e. The van der Waals surface area contributed by atoms with Gasteiger partial charge in [0.05, 0.1) is 6.10 Å². The van der Waals surface area contributed by atoms with Gasteiger partial charge in [0.25, 0.3) is 0 Å². The lowest BCUT2D eigenvalue weighted by Crippen LogP contribution is -2.39. The third-order valence-electron chi connectivity index (χ3n) is 4.02. The molecule has 2 aliphatic rings. The zero-order valence-electron chi connectivity index (χ0n) is 11.9. The molecule has 2 heterocycles. The minimum atomic E-state index is 0.481. The molecule has 0 aromatic heterocycles. The Bertz CT molecular complexity index is 211. The van der Waals surface area contributed by atoms with Gasteiger partial charge >= 0.3 is 0 Å². The summed E-state index contributed by atoms with van der Waals surface area (Å²) in [7, 11) is 2.23. The summed E-state index contributed by atoms with van der Waals surface area (Å²) in [6, 6.07) is 0. The van der Waals surface area contributed by atoms with Gasteiger partial charge in [-0.15, -0.1) is 0 Å². The number of likely N-dealkylation sites (N-methyl/N-ethyl adjacent to an activating group) is 1. The molecule has 1 N–H and O–H groups in total. The molecular weight excluding hydrogens is 226 g/mol. The predicted octanol–water partition coefficient (Wildman–Crippen LogP) is 0.783. The van der Waals surface area contributed by atoms with E-state index in [-0.39, 0.29) is 0 Å². The Morgan fingerprint density at radius 1 is 1.22 bits per heavy atom. The quantitative estimate of drug-likeness (QED) is 0.786. The summed E-state index contributed by atoms with van der Waals surface area (Å²) in [5, 5.41) is 3.46. The van der Waals surface area contributed by atoms with E-state index in [2.05, 4.69) is 22.2 Å². The normalized spacial score (nSPS) is 27.3. The second-order valence-corrected chi connectivity index (χ2v) is 5.70. The molecule has 18 heavy (non-hydrogen) atoms. The van der Waals surface area contributed by atoms with E-state index in [0.717, 1.165) is 19.7 Å². The van der Waals surface area contributed by atoms with E-state index in [4.69, 9.17) is 4.74 Å². The fraction of sp³-hybridized carbons (Fsp3) is 1.00. The maximum absolute atomic E-state index is 5.80. The maximum Gasteiger partial charge on any atom is 0.0701 e. The topological polar surface area (TPSA) is 27.7 Å². The summed E-state index contributed by atoms with van der Waals surface area (Å²) in [6.45, 7) is 9.22. The molecule has 0 aromatic rings. The average molecular weight is 255 g/mol. The summed E-state index contributed by atoms with van der Waals surface area (Å²) in [6.07, 6.45) is 5.61. The molecule has 4 heteroatoms. The summed E-state index contributed by atoms with van der Waals surface area (Å²) in [5.74, 6) is 0. The molecule has 2 rings (SSSR count). The Morgan fingerprint density at radius 2 is 2.17 bits per heavy atom. The summed E-state index contributed by atoms with van der Waals surface area (Å²) < 4.78 is 5.80. The molecule has 0 spiro atoms. The summed E-state index contributed by atoms with van der Waals surface area (Å²) in [4.78, 5) is 5.02. The zero-order valence-corrected chi connectivity index (χ0v) is 11.9. The first-order valence-electron chi connectivity index (χ1n) is 7.58. The molecule has 0 radical (unpaired) electrons. The standard InChI is InChI=1S/C14H29N3O/c1-16(13-14-5-2-3-12-18-14)10-11-17-8-4-6-15-7-9-17/h14-15H,2-13H2,1H3. The lowest BCUT2D eigenvalue weighted by molar-refractivity contribution is -0.00243. The van der Waals surface area contributed by atoms with Crippen LogP contribution in [-0.4, -0.2) is 75.4 Å². The van der Waals surface area contributed by atoms with Crippen LogP contribution in [0.5, 0.6) is 0 Å². The van der Waals surface area contributed by atoms with Gasteiger partial charge in [0.2, 0.25) is 0 Å². The lowest BCUT2D eigenvalue weighted by atomic mass is 10.1. The van der Waals surface area contributed by atoms with Crippen LogP contribution < -0.4 is 5.32 Å². The van der Waals surface area contributed by atoms with Gasteiger partial charge in [0.1, 0.15) is 0 Å². The largest absolute Gasteiger partial charge is 0.377 e. The third kappa shape index (κ3) is 5.22. The highest BCUT2D eigenvalue weighted by molar-refractivity contribution is 4.70. The fourth-order valence-electron chi connectivity index (χ4n) is 2.83. The molecule has 0 saturated carbocycles. The van der Waals surface area contributed by atoms with Crippen molar-refractivity contribution in [3.05, 3.63) is 0 Å².